The van der Waals surface area contributed by atoms with Crippen LogP contribution in [0, 0.1) is 17.3 Å². The number of rotatable bonds is 8. The average Bonchev–Trinajstić information content (AvgIpc) is 3.01. The summed E-state index contributed by atoms with van der Waals surface area (Å²) in [6, 6.07) is 7.18. The SMILES string of the molecule is C=CC[C@@](C)(C(=O)OC(C)(C)C)[C@@H](CC(C)C)C(=O)On1nnc2ccccc21. The van der Waals surface area contributed by atoms with E-state index < -0.39 is 28.9 Å². The number of esters is 1. The summed E-state index contributed by atoms with van der Waals surface area (Å²) in [5.41, 5.74) is -0.603. The lowest BCUT2D eigenvalue weighted by atomic mass is 9.71. The van der Waals surface area contributed by atoms with E-state index >= 15 is 0 Å². The maximum absolute atomic E-state index is 13.2. The molecule has 2 rings (SSSR count). The Balaban J connectivity index is 2.39. The van der Waals surface area contributed by atoms with Crippen LogP contribution in [0.15, 0.2) is 36.9 Å². The summed E-state index contributed by atoms with van der Waals surface area (Å²) in [5.74, 6) is -1.58. The van der Waals surface area contributed by atoms with Gasteiger partial charge in [0.05, 0.1) is 11.3 Å². The monoisotopic (exact) mass is 401 g/mol. The standard InChI is InChI=1S/C22H31N3O4/c1-8-13-22(7,20(27)28-21(4,5)6)16(14-15(2)3)19(26)29-25-18-12-10-9-11-17(18)23-24-25/h8-12,15-16H,1,13-14H2,2-7H3/t16-,22+/m0/s1. The van der Waals surface area contributed by atoms with Crippen LogP contribution >= 0.6 is 0 Å². The third-order valence-electron chi connectivity index (χ3n) is 4.69. The van der Waals surface area contributed by atoms with Crippen molar-refractivity contribution in [2.45, 2.75) is 60.0 Å². The molecule has 0 aliphatic carbocycles. The lowest BCUT2D eigenvalue weighted by Gasteiger charge is -2.36. The fraction of sp³-hybridized carbons (Fsp3) is 0.545. The van der Waals surface area contributed by atoms with Crippen molar-refractivity contribution < 1.29 is 19.2 Å². The van der Waals surface area contributed by atoms with Crippen molar-refractivity contribution in [3.63, 3.8) is 0 Å². The number of carbonyl (C=O) groups is 2. The van der Waals surface area contributed by atoms with Gasteiger partial charge in [0.1, 0.15) is 16.6 Å². The Morgan fingerprint density at radius 1 is 1.21 bits per heavy atom. The lowest BCUT2D eigenvalue weighted by Crippen LogP contribution is -2.46. The fourth-order valence-electron chi connectivity index (χ4n) is 3.21. The van der Waals surface area contributed by atoms with E-state index in [-0.39, 0.29) is 12.3 Å². The zero-order valence-corrected chi connectivity index (χ0v) is 18.1. The second-order valence-corrected chi connectivity index (χ2v) is 8.96. The molecule has 2 aromatic rings. The van der Waals surface area contributed by atoms with E-state index in [0.717, 1.165) is 4.85 Å². The molecule has 0 unspecified atom stereocenters. The number of aromatic nitrogens is 3. The first kappa shape index (κ1) is 22.6. The van der Waals surface area contributed by atoms with Crippen LogP contribution in [0.1, 0.15) is 54.4 Å². The average molecular weight is 402 g/mol. The number of hydrogen-bond acceptors (Lipinski definition) is 6. The molecule has 0 aliphatic rings. The van der Waals surface area contributed by atoms with Crippen molar-refractivity contribution in [1.29, 1.82) is 0 Å². The van der Waals surface area contributed by atoms with Crippen LogP contribution in [0.2, 0.25) is 0 Å². The smallest absolute Gasteiger partial charge is 0.339 e. The van der Waals surface area contributed by atoms with Crippen LogP contribution in [-0.4, -0.2) is 32.7 Å². The van der Waals surface area contributed by atoms with Crippen molar-refractivity contribution in [3.8, 4) is 0 Å². The van der Waals surface area contributed by atoms with Gasteiger partial charge in [-0.1, -0.05) is 36.9 Å². The Bertz CT molecular complexity index is 882. The highest BCUT2D eigenvalue weighted by Gasteiger charge is 2.48. The van der Waals surface area contributed by atoms with E-state index in [4.69, 9.17) is 9.57 Å². The second-order valence-electron chi connectivity index (χ2n) is 8.96. The van der Waals surface area contributed by atoms with E-state index in [2.05, 4.69) is 16.9 Å². The van der Waals surface area contributed by atoms with Crippen molar-refractivity contribution in [2.24, 2.45) is 17.3 Å². The third-order valence-corrected chi connectivity index (χ3v) is 4.69. The van der Waals surface area contributed by atoms with Crippen LogP contribution in [0.25, 0.3) is 11.0 Å². The topological polar surface area (TPSA) is 83.3 Å². The minimum absolute atomic E-state index is 0.159. The molecule has 1 heterocycles. The van der Waals surface area contributed by atoms with E-state index in [9.17, 15) is 9.59 Å². The van der Waals surface area contributed by atoms with Crippen LogP contribution in [0.4, 0.5) is 0 Å². The van der Waals surface area contributed by atoms with Crippen molar-refractivity contribution in [2.75, 3.05) is 0 Å². The summed E-state index contributed by atoms with van der Waals surface area (Å²) in [6.45, 7) is 14.9. The molecule has 0 spiro atoms. The molecular formula is C22H31N3O4. The highest BCUT2D eigenvalue weighted by molar-refractivity contribution is 5.86. The molecule has 0 saturated heterocycles. The number of carbonyl (C=O) groups excluding carboxylic acids is 2. The number of allylic oxidation sites excluding steroid dienone is 1. The normalized spacial score (nSPS) is 15.0. The van der Waals surface area contributed by atoms with Crippen LogP contribution in [0.3, 0.4) is 0 Å². The molecule has 0 N–H and O–H groups in total. The predicted molar refractivity (Wildman–Crippen MR) is 111 cm³/mol. The minimum atomic E-state index is -1.12. The molecule has 0 fully saturated rings. The number of fused-ring (bicyclic) bond motifs is 1. The van der Waals surface area contributed by atoms with Crippen LogP contribution < -0.4 is 4.84 Å². The number of hydrogen-bond donors (Lipinski definition) is 0. The largest absolute Gasteiger partial charge is 0.460 e. The summed E-state index contributed by atoms with van der Waals surface area (Å²) in [5, 5.41) is 7.92. The van der Waals surface area contributed by atoms with Gasteiger partial charge in [-0.3, -0.25) is 4.79 Å². The zero-order chi connectivity index (χ0) is 21.8. The molecule has 1 aromatic carbocycles. The van der Waals surface area contributed by atoms with Crippen molar-refractivity contribution in [3.05, 3.63) is 36.9 Å². The molecule has 29 heavy (non-hydrogen) atoms. The second kappa shape index (κ2) is 8.76. The zero-order valence-electron chi connectivity index (χ0n) is 18.1. The summed E-state index contributed by atoms with van der Waals surface area (Å²) >= 11 is 0. The number of para-hydroxylation sites is 1. The van der Waals surface area contributed by atoms with E-state index in [1.165, 1.54) is 0 Å². The molecule has 2 atom stereocenters. The van der Waals surface area contributed by atoms with Crippen molar-refractivity contribution >= 4 is 23.0 Å². The van der Waals surface area contributed by atoms with Gasteiger partial charge in [-0.15, -0.1) is 11.7 Å². The van der Waals surface area contributed by atoms with Gasteiger partial charge in [0.25, 0.3) is 0 Å². The summed E-state index contributed by atoms with van der Waals surface area (Å²) in [4.78, 5) is 33.0. The van der Waals surface area contributed by atoms with Gasteiger partial charge in [0.2, 0.25) is 0 Å². The first-order valence-electron chi connectivity index (χ1n) is 9.85. The molecule has 0 amide bonds. The van der Waals surface area contributed by atoms with Gasteiger partial charge in [0, 0.05) is 0 Å². The van der Waals surface area contributed by atoms with Gasteiger partial charge in [0.15, 0.2) is 0 Å². The Morgan fingerprint density at radius 2 is 1.86 bits per heavy atom. The quantitative estimate of drug-likeness (QED) is 0.378. The first-order valence-corrected chi connectivity index (χ1v) is 9.85. The minimum Gasteiger partial charge on any atom is -0.460 e. The van der Waals surface area contributed by atoms with Crippen molar-refractivity contribution in [1.82, 2.24) is 15.2 Å². The van der Waals surface area contributed by atoms with Gasteiger partial charge >= 0.3 is 11.9 Å². The van der Waals surface area contributed by atoms with E-state index in [1.54, 1.807) is 45.9 Å². The number of nitrogens with zero attached hydrogens (tertiary/aromatic N) is 3. The van der Waals surface area contributed by atoms with E-state index in [0.29, 0.717) is 17.5 Å². The molecule has 0 saturated carbocycles. The molecule has 1 aromatic heterocycles. The van der Waals surface area contributed by atoms with Crippen LogP contribution in [0.5, 0.6) is 0 Å². The molecule has 7 heteroatoms. The third kappa shape index (κ3) is 5.43. The number of benzene rings is 1. The molecule has 0 aliphatic heterocycles. The Labute approximate surface area is 172 Å². The van der Waals surface area contributed by atoms with Gasteiger partial charge in [-0.2, -0.15) is 0 Å². The Kier molecular flexibility index (Phi) is 6.82. The maximum atomic E-state index is 13.2. The summed E-state index contributed by atoms with van der Waals surface area (Å²) in [7, 11) is 0. The fourth-order valence-corrected chi connectivity index (χ4v) is 3.21. The first-order chi connectivity index (χ1) is 13.5. The molecule has 0 bridgehead atoms. The van der Waals surface area contributed by atoms with Gasteiger partial charge < -0.3 is 9.57 Å². The van der Waals surface area contributed by atoms with Crippen LogP contribution in [-0.2, 0) is 14.3 Å². The predicted octanol–water partition coefficient (Wildman–Crippen LogP) is 3.97. The molecule has 158 valence electrons. The maximum Gasteiger partial charge on any atom is 0.339 e. The summed E-state index contributed by atoms with van der Waals surface area (Å²) < 4.78 is 5.64. The van der Waals surface area contributed by atoms with Gasteiger partial charge in [-0.05, 0) is 63.8 Å². The molecular weight excluding hydrogens is 370 g/mol. The highest BCUT2D eigenvalue weighted by atomic mass is 16.7. The lowest BCUT2D eigenvalue weighted by molar-refractivity contribution is -0.178. The Hall–Kier alpha value is -2.70. The summed E-state index contributed by atoms with van der Waals surface area (Å²) in [6.07, 6.45) is 2.37. The number of ether oxygens (including phenoxy) is 1. The molecule has 0 radical (unpaired) electrons. The Morgan fingerprint density at radius 3 is 2.45 bits per heavy atom. The van der Waals surface area contributed by atoms with E-state index in [1.807, 2.05) is 26.0 Å². The van der Waals surface area contributed by atoms with Gasteiger partial charge in [-0.25, -0.2) is 4.79 Å². The molecule has 7 nitrogen and oxygen atoms in total. The highest BCUT2D eigenvalue weighted by Crippen LogP contribution is 2.39.